The second-order valence-electron chi connectivity index (χ2n) is 7.63. The molecule has 2 rings (SSSR count). The van der Waals surface area contributed by atoms with Crippen molar-refractivity contribution in [2.24, 2.45) is 5.92 Å². The highest BCUT2D eigenvalue weighted by molar-refractivity contribution is 6.83. The minimum absolute atomic E-state index is 0.562. The lowest BCUT2D eigenvalue weighted by molar-refractivity contribution is -0.240. The van der Waals surface area contributed by atoms with Crippen LogP contribution in [0.25, 0.3) is 0 Å². The normalized spacial score (nSPS) is 18.9. The van der Waals surface area contributed by atoms with Gasteiger partial charge in [-0.05, 0) is 12.5 Å². The summed E-state index contributed by atoms with van der Waals surface area (Å²) in [6.45, 7) is 11.4. The van der Waals surface area contributed by atoms with E-state index in [4.69, 9.17) is 9.47 Å². The number of cyclic esters (lactones) is 2. The molecule has 0 amide bonds. The third kappa shape index (κ3) is 4.48. The highest BCUT2D eigenvalue weighted by Crippen LogP contribution is 2.33. The van der Waals surface area contributed by atoms with Crippen molar-refractivity contribution >= 4 is 20.0 Å². The van der Waals surface area contributed by atoms with E-state index >= 15 is 0 Å². The molecule has 0 bridgehead atoms. The van der Waals surface area contributed by atoms with Gasteiger partial charge in [-0.25, -0.2) is 0 Å². The lowest BCUT2D eigenvalue weighted by Gasteiger charge is -2.34. The largest absolute Gasteiger partial charge is 0.422 e. The topological polar surface area (TPSA) is 52.6 Å². The maximum atomic E-state index is 12.4. The number of aryl methyl sites for hydroxylation is 1. The summed E-state index contributed by atoms with van der Waals surface area (Å²) >= 11 is 0. The standard InChI is InChI=1S/C19H24O4Si/c1-13-7-9-14(10-8-13)15(11-12-24(4,5)6)16-17(20)22-19(2,3)23-18(16)21/h7-10,15-16H,1-6H3/t15-/m0/s1. The van der Waals surface area contributed by atoms with Crippen LogP contribution in [0.1, 0.15) is 30.9 Å². The van der Waals surface area contributed by atoms with Gasteiger partial charge in [0.15, 0.2) is 5.92 Å². The van der Waals surface area contributed by atoms with E-state index in [-0.39, 0.29) is 0 Å². The first-order chi connectivity index (χ1) is 11.0. The molecule has 0 aliphatic carbocycles. The van der Waals surface area contributed by atoms with Crippen molar-refractivity contribution < 1.29 is 19.1 Å². The Bertz CT molecular complexity index is 682. The van der Waals surface area contributed by atoms with Gasteiger partial charge in [0.25, 0.3) is 5.79 Å². The molecule has 1 saturated heterocycles. The molecular weight excluding hydrogens is 320 g/mol. The Morgan fingerprint density at radius 2 is 1.54 bits per heavy atom. The lowest BCUT2D eigenvalue weighted by Crippen LogP contribution is -2.48. The van der Waals surface area contributed by atoms with Gasteiger partial charge in [0, 0.05) is 13.8 Å². The number of rotatable bonds is 2. The minimum Gasteiger partial charge on any atom is -0.422 e. The summed E-state index contributed by atoms with van der Waals surface area (Å²) in [7, 11) is -1.67. The van der Waals surface area contributed by atoms with Gasteiger partial charge >= 0.3 is 11.9 Å². The van der Waals surface area contributed by atoms with Crippen LogP contribution in [0.15, 0.2) is 24.3 Å². The van der Waals surface area contributed by atoms with E-state index in [0.29, 0.717) is 0 Å². The number of esters is 2. The molecule has 0 aromatic heterocycles. The number of carbonyl (C=O) groups is 2. The van der Waals surface area contributed by atoms with E-state index in [9.17, 15) is 9.59 Å². The van der Waals surface area contributed by atoms with Crippen LogP contribution in [-0.4, -0.2) is 25.8 Å². The summed E-state index contributed by atoms with van der Waals surface area (Å²) < 4.78 is 10.6. The lowest BCUT2D eigenvalue weighted by atomic mass is 9.85. The van der Waals surface area contributed by atoms with Gasteiger partial charge in [-0.3, -0.25) is 9.59 Å². The van der Waals surface area contributed by atoms with Crippen molar-refractivity contribution in [3.8, 4) is 11.5 Å². The Morgan fingerprint density at radius 3 is 2.00 bits per heavy atom. The number of ether oxygens (including phenoxy) is 2. The van der Waals surface area contributed by atoms with Crippen LogP contribution >= 0.6 is 0 Å². The van der Waals surface area contributed by atoms with Crippen LogP contribution in [0.5, 0.6) is 0 Å². The molecule has 1 atom stereocenters. The molecule has 0 radical (unpaired) electrons. The third-order valence-electron chi connectivity index (χ3n) is 3.57. The van der Waals surface area contributed by atoms with Crippen LogP contribution < -0.4 is 0 Å². The summed E-state index contributed by atoms with van der Waals surface area (Å²) in [5, 5.41) is 0. The van der Waals surface area contributed by atoms with Crippen LogP contribution in [0.4, 0.5) is 0 Å². The van der Waals surface area contributed by atoms with E-state index in [1.165, 1.54) is 0 Å². The summed E-state index contributed by atoms with van der Waals surface area (Å²) in [5.74, 6) is -0.831. The number of carbonyl (C=O) groups excluding carboxylic acids is 2. The molecule has 1 aromatic rings. The molecule has 1 aliphatic heterocycles. The first-order valence-corrected chi connectivity index (χ1v) is 11.5. The fourth-order valence-electron chi connectivity index (χ4n) is 2.43. The highest BCUT2D eigenvalue weighted by Gasteiger charge is 2.47. The maximum absolute atomic E-state index is 12.4. The quantitative estimate of drug-likeness (QED) is 0.357. The molecular formula is C19H24O4Si. The molecule has 1 fully saturated rings. The smallest absolute Gasteiger partial charge is 0.325 e. The third-order valence-corrected chi connectivity index (χ3v) is 4.47. The van der Waals surface area contributed by atoms with Crippen molar-refractivity contribution in [2.75, 3.05) is 0 Å². The zero-order valence-electron chi connectivity index (χ0n) is 15.1. The highest BCUT2D eigenvalue weighted by atomic mass is 28.3. The van der Waals surface area contributed by atoms with Gasteiger partial charge in [0.2, 0.25) is 0 Å². The molecule has 1 heterocycles. The first kappa shape index (κ1) is 18.3. The Balaban J connectivity index is 2.45. The van der Waals surface area contributed by atoms with E-state index in [1.54, 1.807) is 13.8 Å². The van der Waals surface area contributed by atoms with E-state index in [2.05, 4.69) is 31.1 Å². The Hall–Kier alpha value is -2.06. The second kappa shape index (κ2) is 6.44. The average molecular weight is 344 g/mol. The SMILES string of the molecule is Cc1ccc([C@H](C#C[Si](C)(C)C)C2C(=O)OC(C)(C)OC2=O)cc1. The summed E-state index contributed by atoms with van der Waals surface area (Å²) in [6, 6.07) is 7.70. The van der Waals surface area contributed by atoms with Gasteiger partial charge in [-0.1, -0.05) is 49.5 Å². The van der Waals surface area contributed by atoms with E-state index < -0.39 is 37.6 Å². The van der Waals surface area contributed by atoms with E-state index in [0.717, 1.165) is 11.1 Å². The van der Waals surface area contributed by atoms with Crippen molar-refractivity contribution in [2.45, 2.75) is 52.1 Å². The first-order valence-electron chi connectivity index (χ1n) is 8.03. The van der Waals surface area contributed by atoms with Gasteiger partial charge in [0.1, 0.15) is 8.07 Å². The fourth-order valence-corrected chi connectivity index (χ4v) is 3.02. The zero-order chi connectivity index (χ0) is 18.1. The molecule has 24 heavy (non-hydrogen) atoms. The van der Waals surface area contributed by atoms with Crippen LogP contribution in [0.2, 0.25) is 19.6 Å². The maximum Gasteiger partial charge on any atom is 0.325 e. The Morgan fingerprint density at radius 1 is 1.04 bits per heavy atom. The van der Waals surface area contributed by atoms with Crippen LogP contribution in [0, 0.1) is 24.3 Å². The predicted octanol–water partition coefficient (Wildman–Crippen LogP) is 3.41. The number of benzene rings is 1. The minimum atomic E-state index is -1.67. The molecule has 128 valence electrons. The molecule has 0 unspecified atom stereocenters. The summed E-state index contributed by atoms with van der Waals surface area (Å²) in [5.41, 5.74) is 5.19. The molecule has 0 saturated carbocycles. The van der Waals surface area contributed by atoms with Crippen molar-refractivity contribution in [1.29, 1.82) is 0 Å². The summed E-state index contributed by atoms with van der Waals surface area (Å²) in [4.78, 5) is 24.9. The number of hydrogen-bond acceptors (Lipinski definition) is 4. The van der Waals surface area contributed by atoms with Crippen LogP contribution in [-0.2, 0) is 19.1 Å². The molecule has 4 nitrogen and oxygen atoms in total. The van der Waals surface area contributed by atoms with Crippen molar-refractivity contribution in [3.05, 3.63) is 35.4 Å². The molecule has 1 aliphatic rings. The monoisotopic (exact) mass is 344 g/mol. The number of hydrogen-bond donors (Lipinski definition) is 0. The second-order valence-corrected chi connectivity index (χ2v) is 12.4. The van der Waals surface area contributed by atoms with Crippen LogP contribution in [0.3, 0.4) is 0 Å². The Kier molecular flexibility index (Phi) is 4.91. The predicted molar refractivity (Wildman–Crippen MR) is 94.8 cm³/mol. The molecule has 5 heteroatoms. The van der Waals surface area contributed by atoms with Gasteiger partial charge in [-0.15, -0.1) is 11.5 Å². The molecule has 0 N–H and O–H groups in total. The Labute approximate surface area is 144 Å². The zero-order valence-corrected chi connectivity index (χ0v) is 16.1. The van der Waals surface area contributed by atoms with Crippen molar-refractivity contribution in [3.63, 3.8) is 0 Å². The van der Waals surface area contributed by atoms with Gasteiger partial charge in [-0.2, -0.15) is 0 Å². The summed E-state index contributed by atoms with van der Waals surface area (Å²) in [6.07, 6.45) is 0. The average Bonchev–Trinajstić information content (AvgIpc) is 2.40. The van der Waals surface area contributed by atoms with Crippen molar-refractivity contribution in [1.82, 2.24) is 0 Å². The fraction of sp³-hybridized carbons (Fsp3) is 0.474. The van der Waals surface area contributed by atoms with E-state index in [1.807, 2.05) is 31.2 Å². The molecule has 1 aromatic carbocycles. The van der Waals surface area contributed by atoms with Gasteiger partial charge < -0.3 is 9.47 Å². The molecule has 0 spiro atoms. The van der Waals surface area contributed by atoms with Gasteiger partial charge in [0.05, 0.1) is 5.92 Å².